The van der Waals surface area contributed by atoms with Crippen LogP contribution in [-0.4, -0.2) is 24.1 Å². The number of halogens is 2. The Morgan fingerprint density at radius 3 is 2.46 bits per heavy atom. The molecule has 1 N–H and O–H groups in total. The molecule has 28 heavy (non-hydrogen) atoms. The number of carbonyl (C=O) groups excluding carboxylic acids is 2. The number of esters is 1. The molecule has 8 heteroatoms. The van der Waals surface area contributed by atoms with Gasteiger partial charge in [0.25, 0.3) is 5.91 Å². The molecule has 0 aliphatic carbocycles. The Morgan fingerprint density at radius 2 is 1.89 bits per heavy atom. The van der Waals surface area contributed by atoms with Crippen molar-refractivity contribution in [3.63, 3.8) is 0 Å². The summed E-state index contributed by atoms with van der Waals surface area (Å²) in [5.41, 5.74) is 1.28. The number of amides is 1. The lowest BCUT2D eigenvalue weighted by Gasteiger charge is -2.16. The van der Waals surface area contributed by atoms with Gasteiger partial charge in [0, 0.05) is 9.90 Å². The highest BCUT2D eigenvalue weighted by Gasteiger charge is 2.26. The number of rotatable bonds is 7. The van der Waals surface area contributed by atoms with E-state index < -0.39 is 18.0 Å². The van der Waals surface area contributed by atoms with Gasteiger partial charge in [0.05, 0.1) is 16.7 Å². The molecule has 0 radical (unpaired) electrons. The molecule has 152 valence electrons. The molecule has 0 bridgehead atoms. The maximum absolute atomic E-state index is 12.7. The van der Waals surface area contributed by atoms with E-state index in [0.717, 1.165) is 10.4 Å². The lowest BCUT2D eigenvalue weighted by molar-refractivity contribution is -0.122. The molecule has 1 atom stereocenters. The number of carbonyl (C=O) groups is 2. The van der Waals surface area contributed by atoms with Crippen LogP contribution in [0.5, 0.6) is 5.75 Å². The van der Waals surface area contributed by atoms with Gasteiger partial charge in [-0.2, -0.15) is 0 Å². The van der Waals surface area contributed by atoms with Gasteiger partial charge in [-0.25, -0.2) is 4.79 Å². The van der Waals surface area contributed by atoms with Crippen LogP contribution in [0.25, 0.3) is 0 Å². The Morgan fingerprint density at radius 1 is 1.21 bits per heavy atom. The lowest BCUT2D eigenvalue weighted by Crippen LogP contribution is -2.30. The molecular weight excluding hydrogens is 421 g/mol. The molecule has 1 aromatic heterocycles. The molecule has 2 rings (SSSR count). The Labute approximate surface area is 178 Å². The molecule has 0 saturated carbocycles. The zero-order valence-corrected chi connectivity index (χ0v) is 18.7. The van der Waals surface area contributed by atoms with Crippen LogP contribution in [0.1, 0.15) is 48.5 Å². The quantitative estimate of drug-likeness (QED) is 0.541. The highest BCUT2D eigenvalue weighted by Crippen LogP contribution is 2.35. The highest BCUT2D eigenvalue weighted by atomic mass is 35.5. The predicted molar refractivity (Wildman–Crippen MR) is 114 cm³/mol. The van der Waals surface area contributed by atoms with Gasteiger partial charge < -0.3 is 14.8 Å². The summed E-state index contributed by atoms with van der Waals surface area (Å²) in [4.78, 5) is 26.2. The Hall–Kier alpha value is -1.76. The van der Waals surface area contributed by atoms with E-state index >= 15 is 0 Å². The number of hydrogen-bond donors (Lipinski definition) is 1. The molecule has 1 aromatic carbocycles. The third-order valence-corrected chi connectivity index (χ3v) is 5.51. The summed E-state index contributed by atoms with van der Waals surface area (Å²) in [6.07, 6.45) is -0.428. The second-order valence-corrected chi connectivity index (χ2v) is 8.54. The van der Waals surface area contributed by atoms with Gasteiger partial charge in [0.1, 0.15) is 10.8 Å². The zero-order chi connectivity index (χ0) is 21.0. The van der Waals surface area contributed by atoms with Crippen molar-refractivity contribution in [3.8, 4) is 5.75 Å². The number of thiophene rings is 1. The Kier molecular flexibility index (Phi) is 7.75. The summed E-state index contributed by atoms with van der Waals surface area (Å²) in [5.74, 6) is -0.487. The second-order valence-electron chi connectivity index (χ2n) is 6.47. The normalized spacial score (nSPS) is 12.0. The minimum absolute atomic E-state index is 0.254. The van der Waals surface area contributed by atoms with Crippen LogP contribution in [-0.2, 0) is 16.0 Å². The van der Waals surface area contributed by atoms with E-state index in [1.165, 1.54) is 11.3 Å². The summed E-state index contributed by atoms with van der Waals surface area (Å²) in [6, 6.07) is 4.77. The van der Waals surface area contributed by atoms with Crippen LogP contribution in [0.4, 0.5) is 5.00 Å². The smallest absolute Gasteiger partial charge is 0.341 e. The van der Waals surface area contributed by atoms with Crippen LogP contribution in [0.2, 0.25) is 10.0 Å². The summed E-state index contributed by atoms with van der Waals surface area (Å²) in [5, 5.41) is 4.05. The van der Waals surface area contributed by atoms with Crippen molar-refractivity contribution in [3.05, 3.63) is 44.2 Å². The zero-order valence-electron chi connectivity index (χ0n) is 16.4. The third-order valence-electron chi connectivity index (χ3n) is 3.91. The van der Waals surface area contributed by atoms with Crippen LogP contribution >= 0.6 is 34.5 Å². The van der Waals surface area contributed by atoms with Crippen molar-refractivity contribution < 1.29 is 19.1 Å². The summed E-state index contributed by atoms with van der Waals surface area (Å²) in [7, 11) is 0. The van der Waals surface area contributed by atoms with E-state index in [4.69, 9.17) is 32.7 Å². The van der Waals surface area contributed by atoms with Crippen LogP contribution in [0, 0.1) is 6.92 Å². The van der Waals surface area contributed by atoms with Crippen LogP contribution in [0.15, 0.2) is 18.2 Å². The lowest BCUT2D eigenvalue weighted by atomic mass is 10.1. The molecule has 0 aliphatic heterocycles. The topological polar surface area (TPSA) is 64.6 Å². The van der Waals surface area contributed by atoms with Gasteiger partial charge in [0.15, 0.2) is 6.10 Å². The van der Waals surface area contributed by atoms with Crippen molar-refractivity contribution in [2.24, 2.45) is 0 Å². The molecule has 0 saturated heterocycles. The van der Waals surface area contributed by atoms with E-state index in [-0.39, 0.29) is 6.10 Å². The standard InChI is InChI=1S/C20H23Cl2NO4S/c1-6-14-12(5)28-19(17(14)20(25)26-10(2)3)23-18(24)11(4)27-16-8-7-13(21)9-15(16)22/h7-11H,6H2,1-5H3,(H,23,24). The molecule has 0 spiro atoms. The Balaban J connectivity index is 2.21. The van der Waals surface area contributed by atoms with E-state index in [1.54, 1.807) is 39.0 Å². The number of ether oxygens (including phenoxy) is 2. The largest absolute Gasteiger partial charge is 0.479 e. The van der Waals surface area contributed by atoms with Gasteiger partial charge in [-0.3, -0.25) is 4.79 Å². The first-order valence-electron chi connectivity index (χ1n) is 8.89. The van der Waals surface area contributed by atoms with Crippen molar-refractivity contribution in [1.29, 1.82) is 0 Å². The number of anilines is 1. The molecular formula is C20H23Cl2NO4S. The van der Waals surface area contributed by atoms with E-state index in [0.29, 0.717) is 32.8 Å². The number of benzene rings is 1. The van der Waals surface area contributed by atoms with Crippen molar-refractivity contribution in [1.82, 2.24) is 0 Å². The van der Waals surface area contributed by atoms with Gasteiger partial charge >= 0.3 is 5.97 Å². The maximum atomic E-state index is 12.7. The fourth-order valence-electron chi connectivity index (χ4n) is 2.61. The number of nitrogens with one attached hydrogen (secondary N) is 1. The van der Waals surface area contributed by atoms with Crippen molar-refractivity contribution >= 4 is 51.4 Å². The molecule has 1 heterocycles. The molecule has 2 aromatic rings. The monoisotopic (exact) mass is 443 g/mol. The molecule has 1 amide bonds. The summed E-state index contributed by atoms with van der Waals surface area (Å²) in [6.45, 7) is 9.05. The fraction of sp³-hybridized carbons (Fsp3) is 0.400. The van der Waals surface area contributed by atoms with Crippen molar-refractivity contribution in [2.45, 2.75) is 53.2 Å². The highest BCUT2D eigenvalue weighted by molar-refractivity contribution is 7.16. The second kappa shape index (κ2) is 9.63. The first kappa shape index (κ1) is 22.5. The minimum Gasteiger partial charge on any atom is -0.479 e. The van der Waals surface area contributed by atoms with Crippen LogP contribution < -0.4 is 10.1 Å². The molecule has 0 aliphatic rings. The Bertz CT molecular complexity index is 879. The SMILES string of the molecule is CCc1c(C)sc(NC(=O)C(C)Oc2ccc(Cl)cc2Cl)c1C(=O)OC(C)C. The van der Waals surface area contributed by atoms with E-state index in [1.807, 2.05) is 13.8 Å². The third kappa shape index (κ3) is 5.40. The van der Waals surface area contributed by atoms with E-state index in [9.17, 15) is 9.59 Å². The van der Waals surface area contributed by atoms with Crippen LogP contribution in [0.3, 0.4) is 0 Å². The summed E-state index contributed by atoms with van der Waals surface area (Å²) < 4.78 is 11.0. The molecule has 1 unspecified atom stereocenters. The minimum atomic E-state index is -0.833. The van der Waals surface area contributed by atoms with Gasteiger partial charge in [0.2, 0.25) is 0 Å². The molecule has 0 fully saturated rings. The fourth-order valence-corrected chi connectivity index (χ4v) is 4.20. The number of hydrogen-bond acceptors (Lipinski definition) is 5. The van der Waals surface area contributed by atoms with E-state index in [2.05, 4.69) is 5.32 Å². The average molecular weight is 444 g/mol. The first-order chi connectivity index (χ1) is 13.1. The molecule has 5 nitrogen and oxygen atoms in total. The first-order valence-corrected chi connectivity index (χ1v) is 10.5. The van der Waals surface area contributed by atoms with Gasteiger partial charge in [-0.05, 0) is 57.9 Å². The predicted octanol–water partition coefficient (Wildman–Crippen LogP) is 5.90. The average Bonchev–Trinajstić information content (AvgIpc) is 2.91. The van der Waals surface area contributed by atoms with Gasteiger partial charge in [-0.1, -0.05) is 30.1 Å². The number of aryl methyl sites for hydroxylation is 1. The van der Waals surface area contributed by atoms with Crippen molar-refractivity contribution in [2.75, 3.05) is 5.32 Å². The summed E-state index contributed by atoms with van der Waals surface area (Å²) >= 11 is 13.3. The van der Waals surface area contributed by atoms with Gasteiger partial charge in [-0.15, -0.1) is 11.3 Å². The maximum Gasteiger partial charge on any atom is 0.341 e.